The molecule has 0 aromatic heterocycles. The van der Waals surface area contributed by atoms with E-state index in [1.54, 1.807) is 36.0 Å². The van der Waals surface area contributed by atoms with Crippen LogP contribution < -0.4 is 10.0 Å². The summed E-state index contributed by atoms with van der Waals surface area (Å²) >= 11 is 2.64. The number of carbonyl (C=O) groups excluding carboxylic acids is 2. The summed E-state index contributed by atoms with van der Waals surface area (Å²) in [5.74, 6) is -1.81. The summed E-state index contributed by atoms with van der Waals surface area (Å²) in [5.41, 5.74) is 1.66. The quantitative estimate of drug-likeness (QED) is 0.116. The lowest BCUT2D eigenvalue weighted by atomic mass is 10.0. The fourth-order valence-electron chi connectivity index (χ4n) is 4.29. The molecule has 1 aliphatic rings. The van der Waals surface area contributed by atoms with Crippen molar-refractivity contribution in [2.75, 3.05) is 6.26 Å². The monoisotopic (exact) mass is 685 g/mol. The second kappa shape index (κ2) is 13.5. The van der Waals surface area contributed by atoms with Crippen LogP contribution in [-0.4, -0.2) is 31.7 Å². The van der Waals surface area contributed by atoms with Crippen molar-refractivity contribution in [1.29, 1.82) is 0 Å². The van der Waals surface area contributed by atoms with Gasteiger partial charge in [-0.2, -0.15) is 13.2 Å². The Morgan fingerprint density at radius 2 is 1.61 bits per heavy atom. The second-order valence-electron chi connectivity index (χ2n) is 9.84. The van der Waals surface area contributed by atoms with Gasteiger partial charge in [0, 0.05) is 10.5 Å². The number of benzene rings is 4. The first-order valence-electron chi connectivity index (χ1n) is 13.4. The van der Waals surface area contributed by atoms with Crippen molar-refractivity contribution in [2.45, 2.75) is 22.4 Å². The molecule has 1 heterocycles. The SMILES string of the molecule is CSc1ccc(-c2ccc(/C=C3/SC(=Nc4ccc(CC(=O)NS(=O)(=O)c5ccc(C(F)(F)F)cc5)cc4)NC3=O)c(F)c2)cc1. The van der Waals surface area contributed by atoms with E-state index in [1.165, 1.54) is 24.3 Å². The standard InChI is InChI=1S/C32H23F4N3O4S3/c1-44-25-12-6-20(7-13-25)21-4-5-22(27(33)17-21)18-28-30(41)38-31(45-28)37-24-10-2-19(3-11-24)16-29(40)39-46(42,43)26-14-8-23(9-15-26)32(34,35)36/h2-15,17-18H,16H2,1H3,(H,39,40)(H,37,38,41)/b28-18+. The number of amidine groups is 1. The average molecular weight is 686 g/mol. The molecule has 46 heavy (non-hydrogen) atoms. The Morgan fingerprint density at radius 3 is 2.22 bits per heavy atom. The van der Waals surface area contributed by atoms with E-state index in [-0.39, 0.29) is 22.1 Å². The molecule has 1 aliphatic heterocycles. The lowest BCUT2D eigenvalue weighted by Gasteiger charge is -2.09. The summed E-state index contributed by atoms with van der Waals surface area (Å²) in [6.07, 6.45) is -1.54. The highest BCUT2D eigenvalue weighted by molar-refractivity contribution is 8.18. The molecule has 0 saturated carbocycles. The van der Waals surface area contributed by atoms with Gasteiger partial charge in [-0.05, 0) is 95.4 Å². The van der Waals surface area contributed by atoms with Crippen molar-refractivity contribution in [2.24, 2.45) is 4.99 Å². The summed E-state index contributed by atoms with van der Waals surface area (Å²) in [4.78, 5) is 30.1. The Hall–Kier alpha value is -4.40. The smallest absolute Gasteiger partial charge is 0.300 e. The minimum atomic E-state index is -4.63. The van der Waals surface area contributed by atoms with Gasteiger partial charge in [0.1, 0.15) is 5.82 Å². The van der Waals surface area contributed by atoms with Crippen LogP contribution in [-0.2, 0) is 32.2 Å². The maximum Gasteiger partial charge on any atom is 0.416 e. The van der Waals surface area contributed by atoms with Crippen LogP contribution in [0.2, 0.25) is 0 Å². The minimum absolute atomic E-state index is 0.242. The zero-order chi connectivity index (χ0) is 33.1. The van der Waals surface area contributed by atoms with Gasteiger partial charge >= 0.3 is 6.18 Å². The number of amides is 2. The first-order chi connectivity index (χ1) is 21.8. The molecule has 2 N–H and O–H groups in total. The molecule has 4 aromatic rings. The predicted molar refractivity (Wildman–Crippen MR) is 171 cm³/mol. The van der Waals surface area contributed by atoms with E-state index in [1.807, 2.05) is 35.2 Å². The van der Waals surface area contributed by atoms with Crippen LogP contribution in [0.5, 0.6) is 0 Å². The number of halogens is 4. The Balaban J connectivity index is 1.20. The number of thioether (sulfide) groups is 2. The normalized spacial score (nSPS) is 15.3. The van der Waals surface area contributed by atoms with Crippen molar-refractivity contribution in [1.82, 2.24) is 10.0 Å². The molecule has 0 atom stereocenters. The summed E-state index contributed by atoms with van der Waals surface area (Å²) in [7, 11) is -4.38. The molecular weight excluding hydrogens is 663 g/mol. The van der Waals surface area contributed by atoms with Gasteiger partial charge in [0.05, 0.1) is 27.5 Å². The first-order valence-corrected chi connectivity index (χ1v) is 16.9. The average Bonchev–Trinajstić information content (AvgIpc) is 3.36. The molecular formula is C32H23F4N3O4S3. The molecule has 0 aliphatic carbocycles. The van der Waals surface area contributed by atoms with Crippen molar-refractivity contribution in [3.8, 4) is 11.1 Å². The number of carbonyl (C=O) groups is 2. The topological polar surface area (TPSA) is 105 Å². The van der Waals surface area contributed by atoms with E-state index in [0.717, 1.165) is 34.4 Å². The van der Waals surface area contributed by atoms with Crippen LogP contribution in [0.15, 0.2) is 111 Å². The highest BCUT2D eigenvalue weighted by atomic mass is 32.2. The summed E-state index contributed by atoms with van der Waals surface area (Å²) in [6, 6.07) is 21.5. The third kappa shape index (κ3) is 8.05. The van der Waals surface area contributed by atoms with Gasteiger partial charge in [-0.15, -0.1) is 11.8 Å². The summed E-state index contributed by atoms with van der Waals surface area (Å²) < 4.78 is 79.9. The van der Waals surface area contributed by atoms with E-state index < -0.39 is 44.3 Å². The van der Waals surface area contributed by atoms with Crippen LogP contribution >= 0.6 is 23.5 Å². The molecule has 7 nitrogen and oxygen atoms in total. The third-order valence-corrected chi connectivity index (χ3v) is 9.68. The van der Waals surface area contributed by atoms with Gasteiger partial charge in [-0.25, -0.2) is 22.5 Å². The Labute approximate surface area is 270 Å². The minimum Gasteiger partial charge on any atom is -0.300 e. The second-order valence-corrected chi connectivity index (χ2v) is 13.4. The Morgan fingerprint density at radius 1 is 0.957 bits per heavy atom. The van der Waals surface area contributed by atoms with Crippen molar-refractivity contribution < 1.29 is 35.6 Å². The number of hydrogen-bond donors (Lipinski definition) is 2. The van der Waals surface area contributed by atoms with Gasteiger partial charge in [0.15, 0.2) is 5.17 Å². The predicted octanol–water partition coefficient (Wildman–Crippen LogP) is 7.17. The van der Waals surface area contributed by atoms with E-state index in [4.69, 9.17) is 0 Å². The molecule has 4 aromatic carbocycles. The number of rotatable bonds is 8. The highest BCUT2D eigenvalue weighted by Gasteiger charge is 2.31. The highest BCUT2D eigenvalue weighted by Crippen LogP contribution is 2.31. The van der Waals surface area contributed by atoms with E-state index >= 15 is 0 Å². The number of nitrogens with zero attached hydrogens (tertiary/aromatic N) is 1. The van der Waals surface area contributed by atoms with Gasteiger partial charge in [0.25, 0.3) is 15.9 Å². The molecule has 1 fully saturated rings. The molecule has 236 valence electrons. The maximum absolute atomic E-state index is 14.9. The third-order valence-electron chi connectivity index (χ3n) is 6.63. The molecule has 1 saturated heterocycles. The van der Waals surface area contributed by atoms with Crippen LogP contribution in [0.4, 0.5) is 23.2 Å². The van der Waals surface area contributed by atoms with Gasteiger partial charge in [0.2, 0.25) is 5.91 Å². The van der Waals surface area contributed by atoms with E-state index in [0.29, 0.717) is 28.9 Å². The van der Waals surface area contributed by atoms with Crippen molar-refractivity contribution in [3.05, 3.63) is 118 Å². The lowest BCUT2D eigenvalue weighted by molar-refractivity contribution is -0.137. The van der Waals surface area contributed by atoms with Crippen LogP contribution in [0.1, 0.15) is 16.7 Å². The molecule has 14 heteroatoms. The van der Waals surface area contributed by atoms with Crippen LogP contribution in [0.3, 0.4) is 0 Å². The van der Waals surface area contributed by atoms with Gasteiger partial charge < -0.3 is 5.32 Å². The lowest BCUT2D eigenvalue weighted by Crippen LogP contribution is -2.31. The van der Waals surface area contributed by atoms with Gasteiger partial charge in [-0.1, -0.05) is 36.4 Å². The van der Waals surface area contributed by atoms with E-state index in [2.05, 4.69) is 10.3 Å². The first kappa shape index (κ1) is 33.0. The van der Waals surface area contributed by atoms with Crippen LogP contribution in [0, 0.1) is 5.82 Å². The Bertz CT molecular complexity index is 1960. The number of sulfonamides is 1. The zero-order valence-corrected chi connectivity index (χ0v) is 26.2. The number of hydrogen-bond acceptors (Lipinski definition) is 7. The molecule has 2 amide bonds. The van der Waals surface area contributed by atoms with Crippen molar-refractivity contribution >= 4 is 62.3 Å². The Kier molecular flexibility index (Phi) is 9.70. The van der Waals surface area contributed by atoms with Crippen molar-refractivity contribution in [3.63, 3.8) is 0 Å². The molecule has 0 bridgehead atoms. The fraction of sp³-hybridized carbons (Fsp3) is 0.0938. The van der Waals surface area contributed by atoms with Gasteiger partial charge in [-0.3, -0.25) is 9.59 Å². The molecule has 0 spiro atoms. The van der Waals surface area contributed by atoms with E-state index in [9.17, 15) is 35.6 Å². The maximum atomic E-state index is 14.9. The summed E-state index contributed by atoms with van der Waals surface area (Å²) in [6.45, 7) is 0. The number of nitrogens with one attached hydrogen (secondary N) is 2. The fourth-order valence-corrected chi connectivity index (χ4v) is 6.51. The number of aliphatic imine (C=N–C) groups is 1. The molecule has 0 radical (unpaired) electrons. The molecule has 0 unspecified atom stereocenters. The molecule has 5 rings (SSSR count). The largest absolute Gasteiger partial charge is 0.416 e. The number of alkyl halides is 3. The zero-order valence-electron chi connectivity index (χ0n) is 23.8. The van der Waals surface area contributed by atoms with Crippen LogP contribution in [0.25, 0.3) is 17.2 Å². The summed E-state index contributed by atoms with van der Waals surface area (Å²) in [5, 5.41) is 2.89.